The maximum Gasteiger partial charge on any atom is 0.264 e. The molecular formula is C30H37ClN2O5S. The number of benzene rings is 2. The number of anilines is 1. The summed E-state index contributed by atoms with van der Waals surface area (Å²) in [5.41, 5.74) is 3.30. The molecule has 2 heterocycles. The summed E-state index contributed by atoms with van der Waals surface area (Å²) in [5, 5.41) is 10.9. The normalized spacial score (nSPS) is 28.4. The molecule has 2 aliphatic heterocycles. The number of aliphatic hydroxyl groups is 1. The van der Waals surface area contributed by atoms with Crippen molar-refractivity contribution in [2.75, 3.05) is 18.0 Å². The van der Waals surface area contributed by atoms with E-state index in [0.29, 0.717) is 29.7 Å². The van der Waals surface area contributed by atoms with Crippen molar-refractivity contribution in [2.24, 2.45) is 11.8 Å². The van der Waals surface area contributed by atoms with Gasteiger partial charge in [0.05, 0.1) is 17.0 Å². The lowest BCUT2D eigenvalue weighted by Crippen LogP contribution is -2.43. The molecule has 4 atom stereocenters. The van der Waals surface area contributed by atoms with Crippen molar-refractivity contribution in [3.8, 4) is 5.75 Å². The molecule has 1 fully saturated rings. The molecule has 0 saturated heterocycles. The van der Waals surface area contributed by atoms with Crippen LogP contribution in [0.3, 0.4) is 0 Å². The van der Waals surface area contributed by atoms with Crippen LogP contribution in [0.5, 0.6) is 5.75 Å². The lowest BCUT2D eigenvalue weighted by Gasteiger charge is -2.43. The van der Waals surface area contributed by atoms with E-state index in [4.69, 9.17) is 16.3 Å². The largest absolute Gasteiger partial charge is 0.487 e. The Morgan fingerprint density at radius 3 is 2.67 bits per heavy atom. The molecular weight excluding hydrogens is 536 g/mol. The molecule has 5 rings (SSSR count). The molecule has 0 unspecified atom stereocenters. The lowest BCUT2D eigenvalue weighted by atomic mass is 9.69. The number of hydrogen-bond acceptors (Lipinski definition) is 6. The van der Waals surface area contributed by atoms with E-state index in [0.717, 1.165) is 56.4 Å². The number of aliphatic hydroxyl groups excluding tert-OH is 1. The number of aryl methyl sites for hydroxylation is 1. The molecule has 1 aliphatic carbocycles. The van der Waals surface area contributed by atoms with Gasteiger partial charge in [-0.15, -0.1) is 0 Å². The number of hydrogen-bond donors (Lipinski definition) is 2. The maximum absolute atomic E-state index is 13.1. The van der Waals surface area contributed by atoms with E-state index in [9.17, 15) is 18.3 Å². The van der Waals surface area contributed by atoms with E-state index in [1.807, 2.05) is 24.3 Å². The second-order valence-electron chi connectivity index (χ2n) is 11.1. The third kappa shape index (κ3) is 6.44. The van der Waals surface area contributed by atoms with Crippen LogP contribution in [0.15, 0.2) is 48.6 Å². The molecule has 1 amide bonds. The Morgan fingerprint density at radius 1 is 1.05 bits per heavy atom. The van der Waals surface area contributed by atoms with Crippen molar-refractivity contribution in [3.05, 3.63) is 70.3 Å². The van der Waals surface area contributed by atoms with Crippen LogP contribution in [0.4, 0.5) is 5.69 Å². The van der Waals surface area contributed by atoms with E-state index in [1.165, 1.54) is 5.56 Å². The summed E-state index contributed by atoms with van der Waals surface area (Å²) in [4.78, 5) is 15.4. The van der Waals surface area contributed by atoms with E-state index >= 15 is 0 Å². The highest BCUT2D eigenvalue weighted by Gasteiger charge is 2.37. The third-order valence-corrected chi connectivity index (χ3v) is 10.4. The van der Waals surface area contributed by atoms with E-state index < -0.39 is 27.3 Å². The number of rotatable bonds is 0. The number of carbonyl (C=O) groups is 1. The van der Waals surface area contributed by atoms with Gasteiger partial charge >= 0.3 is 0 Å². The van der Waals surface area contributed by atoms with E-state index in [2.05, 4.69) is 9.62 Å². The molecule has 39 heavy (non-hydrogen) atoms. The number of ether oxygens (including phenoxy) is 1. The number of fused-ring (bicyclic) bond motifs is 3. The smallest absolute Gasteiger partial charge is 0.264 e. The topological polar surface area (TPSA) is 95.9 Å². The predicted molar refractivity (Wildman–Crippen MR) is 154 cm³/mol. The lowest BCUT2D eigenvalue weighted by molar-refractivity contribution is 0.0180. The Morgan fingerprint density at radius 2 is 1.87 bits per heavy atom. The van der Waals surface area contributed by atoms with Gasteiger partial charge in [-0.25, -0.2) is 13.1 Å². The predicted octanol–water partition coefficient (Wildman–Crippen LogP) is 5.25. The molecule has 1 saturated carbocycles. The van der Waals surface area contributed by atoms with Crippen LogP contribution in [0, 0.1) is 11.8 Å². The van der Waals surface area contributed by atoms with Crippen molar-refractivity contribution in [1.29, 1.82) is 0 Å². The fourth-order valence-corrected chi connectivity index (χ4v) is 6.94. The minimum absolute atomic E-state index is 0.184. The van der Waals surface area contributed by atoms with Crippen molar-refractivity contribution in [3.63, 3.8) is 0 Å². The van der Waals surface area contributed by atoms with Gasteiger partial charge in [-0.2, -0.15) is 0 Å². The van der Waals surface area contributed by atoms with Gasteiger partial charge in [0.1, 0.15) is 12.4 Å². The molecule has 2 aromatic carbocycles. The molecule has 9 heteroatoms. The fraction of sp³-hybridized carbons (Fsp3) is 0.500. The standard InChI is InChI=1S/C30H37ClN2O5S/c1-20-6-2-3-8-28(34)26-13-10-23(26)18-33-15-5-4-7-21-16-25(31)12-9-24(21)19-38-29-14-11-22(17-27(29)33)30(35)32-39(20,36)37/h2-3,9,11-12,14,16-17,20,23,26,28,34H,4-8,10,13,15,18-19H2,1H3,(H,32,35)/b3-2+/t20-,23+,26-,28+/m1/s1. The van der Waals surface area contributed by atoms with Crippen molar-refractivity contribution < 1.29 is 23.1 Å². The highest BCUT2D eigenvalue weighted by atomic mass is 35.5. The van der Waals surface area contributed by atoms with Gasteiger partial charge in [0, 0.05) is 23.7 Å². The Kier molecular flexibility index (Phi) is 8.55. The van der Waals surface area contributed by atoms with Crippen molar-refractivity contribution in [2.45, 2.75) is 69.8 Å². The second kappa shape index (κ2) is 11.9. The summed E-state index contributed by atoms with van der Waals surface area (Å²) in [6.07, 6.45) is 8.75. The monoisotopic (exact) mass is 572 g/mol. The van der Waals surface area contributed by atoms with Crippen LogP contribution in [-0.4, -0.2) is 43.9 Å². The van der Waals surface area contributed by atoms with Crippen molar-refractivity contribution in [1.82, 2.24) is 4.72 Å². The van der Waals surface area contributed by atoms with Crippen molar-refractivity contribution >= 4 is 33.2 Å². The Labute approximate surface area is 236 Å². The molecule has 0 aromatic heterocycles. The number of nitrogens with zero attached hydrogens (tertiary/aromatic N) is 1. The second-order valence-corrected chi connectivity index (χ2v) is 13.6. The van der Waals surface area contributed by atoms with Gasteiger partial charge in [0.25, 0.3) is 5.91 Å². The van der Waals surface area contributed by atoms with Gasteiger partial charge in [0.2, 0.25) is 10.0 Å². The summed E-state index contributed by atoms with van der Waals surface area (Å²) < 4.78 is 34.4. The number of amides is 1. The zero-order chi connectivity index (χ0) is 27.6. The Hall–Kier alpha value is -2.55. The summed E-state index contributed by atoms with van der Waals surface area (Å²) in [7, 11) is -3.88. The Bertz CT molecular complexity index is 1340. The average molecular weight is 573 g/mol. The zero-order valence-corrected chi connectivity index (χ0v) is 23.9. The van der Waals surface area contributed by atoms with Crippen LogP contribution in [0.1, 0.15) is 66.9 Å². The maximum atomic E-state index is 13.1. The average Bonchev–Trinajstić information content (AvgIpc) is 2.91. The fourth-order valence-electron chi connectivity index (χ4n) is 5.80. The summed E-state index contributed by atoms with van der Waals surface area (Å²) in [6.45, 7) is 3.44. The highest BCUT2D eigenvalue weighted by Crippen LogP contribution is 2.41. The van der Waals surface area contributed by atoms with Crippen LogP contribution in [0.25, 0.3) is 0 Å². The SMILES string of the molecule is C[C@@H]1C/C=C/C[C@H](O)[C@@H]2CC[C@H]2CN2CCCCc3cc(Cl)ccc3COc3ccc(cc32)C(=O)NS1(=O)=O. The van der Waals surface area contributed by atoms with Crippen LogP contribution in [-0.2, 0) is 23.1 Å². The first kappa shape index (κ1) is 28.0. The minimum Gasteiger partial charge on any atom is -0.487 e. The summed E-state index contributed by atoms with van der Waals surface area (Å²) >= 11 is 6.28. The molecule has 0 spiro atoms. The van der Waals surface area contributed by atoms with Gasteiger partial charge in [-0.1, -0.05) is 29.8 Å². The summed E-state index contributed by atoms with van der Waals surface area (Å²) in [6, 6.07) is 11.0. The number of halogens is 1. The van der Waals surface area contributed by atoms with Gasteiger partial charge in [-0.05, 0) is 105 Å². The van der Waals surface area contributed by atoms with Crippen LogP contribution < -0.4 is 14.4 Å². The van der Waals surface area contributed by atoms with Crippen LogP contribution >= 0.6 is 11.6 Å². The van der Waals surface area contributed by atoms with Crippen LogP contribution in [0.2, 0.25) is 5.02 Å². The number of allylic oxidation sites excluding steroid dienone is 1. The van der Waals surface area contributed by atoms with E-state index in [1.54, 1.807) is 31.2 Å². The first-order chi connectivity index (χ1) is 18.7. The molecule has 210 valence electrons. The molecule has 2 N–H and O–H groups in total. The first-order valence-electron chi connectivity index (χ1n) is 13.9. The summed E-state index contributed by atoms with van der Waals surface area (Å²) in [5.74, 6) is 0.509. The molecule has 2 aromatic rings. The number of nitrogens with one attached hydrogen (secondary N) is 1. The molecule has 2 bridgehead atoms. The molecule has 7 nitrogen and oxygen atoms in total. The van der Waals surface area contributed by atoms with E-state index in [-0.39, 0.29) is 17.9 Å². The quantitative estimate of drug-likeness (QED) is 0.419. The molecule has 0 radical (unpaired) electrons. The highest BCUT2D eigenvalue weighted by molar-refractivity contribution is 7.90. The number of sulfonamides is 1. The minimum atomic E-state index is -3.88. The van der Waals surface area contributed by atoms with Gasteiger partial charge in [0.15, 0.2) is 0 Å². The van der Waals surface area contributed by atoms with Gasteiger partial charge in [-0.3, -0.25) is 4.79 Å². The molecule has 3 aliphatic rings. The Balaban J connectivity index is 1.53. The van der Waals surface area contributed by atoms with Gasteiger partial charge < -0.3 is 14.7 Å². The first-order valence-corrected chi connectivity index (χ1v) is 15.8. The number of carbonyl (C=O) groups excluding carboxylic acids is 1. The third-order valence-electron chi connectivity index (χ3n) is 8.44. The zero-order valence-electron chi connectivity index (χ0n) is 22.3.